The molecule has 148 valence electrons. The van der Waals surface area contributed by atoms with Gasteiger partial charge in [-0.15, -0.1) is 0 Å². The van der Waals surface area contributed by atoms with Gasteiger partial charge in [-0.05, 0) is 43.4 Å². The van der Waals surface area contributed by atoms with Crippen LogP contribution in [0.1, 0.15) is 62.4 Å². The summed E-state index contributed by atoms with van der Waals surface area (Å²) in [6, 6.07) is 6.45. The van der Waals surface area contributed by atoms with Crippen molar-refractivity contribution in [2.45, 2.75) is 51.2 Å². The van der Waals surface area contributed by atoms with E-state index in [4.69, 9.17) is 5.11 Å². The van der Waals surface area contributed by atoms with E-state index in [1.807, 2.05) is 13.0 Å². The predicted octanol–water partition coefficient (Wildman–Crippen LogP) is 0.364. The van der Waals surface area contributed by atoms with Crippen LogP contribution in [-0.4, -0.2) is 46.0 Å². The van der Waals surface area contributed by atoms with Crippen LogP contribution in [0.25, 0.3) is 0 Å². The van der Waals surface area contributed by atoms with E-state index in [0.717, 1.165) is 31.2 Å². The van der Waals surface area contributed by atoms with E-state index < -0.39 is 19.4 Å². The molecular formula is C19H31LiNO5P. The first-order valence-electron chi connectivity index (χ1n) is 9.32. The van der Waals surface area contributed by atoms with E-state index >= 15 is 0 Å². The first-order valence-corrected chi connectivity index (χ1v) is 11.4. The van der Waals surface area contributed by atoms with Crippen molar-refractivity contribution >= 4 is 13.3 Å². The van der Waals surface area contributed by atoms with Crippen LogP contribution in [-0.2, 0) is 4.57 Å². The summed E-state index contributed by atoms with van der Waals surface area (Å²) < 4.78 is 12.4. The normalized spacial score (nSPS) is 19.5. The topological polar surface area (TPSA) is 107 Å². The van der Waals surface area contributed by atoms with Gasteiger partial charge in [-0.3, -0.25) is 4.57 Å². The Balaban J connectivity index is 0.00000364. The predicted molar refractivity (Wildman–Crippen MR) is 103 cm³/mol. The van der Waals surface area contributed by atoms with Crippen molar-refractivity contribution < 1.29 is 44.8 Å². The smallest absolute Gasteiger partial charge is 1.00 e. The second-order valence-electron chi connectivity index (χ2n) is 7.43. The molecule has 1 aromatic rings. The van der Waals surface area contributed by atoms with Gasteiger partial charge in [0.05, 0.1) is 17.8 Å². The Morgan fingerprint density at radius 2 is 2.00 bits per heavy atom. The molecule has 8 heteroatoms. The van der Waals surface area contributed by atoms with Crippen LogP contribution in [0, 0.1) is 5.92 Å². The van der Waals surface area contributed by atoms with Gasteiger partial charge in [0, 0.05) is 18.7 Å². The van der Waals surface area contributed by atoms with Crippen molar-refractivity contribution in [3.05, 3.63) is 35.4 Å². The maximum Gasteiger partial charge on any atom is 1.00 e. The van der Waals surface area contributed by atoms with Gasteiger partial charge in [-0.2, -0.15) is 0 Å². The summed E-state index contributed by atoms with van der Waals surface area (Å²) in [5.74, 6) is -0.680. The summed E-state index contributed by atoms with van der Waals surface area (Å²) in [5.41, 5.74) is 1.01. The van der Waals surface area contributed by atoms with E-state index in [-0.39, 0.29) is 44.6 Å². The number of aliphatic hydroxyl groups excluding tert-OH is 1. The molecule has 1 aliphatic rings. The van der Waals surface area contributed by atoms with Crippen molar-refractivity contribution in [3.8, 4) is 0 Å². The van der Waals surface area contributed by atoms with Gasteiger partial charge in [0.15, 0.2) is 0 Å². The maximum absolute atomic E-state index is 12.4. The Labute approximate surface area is 174 Å². The molecule has 1 aliphatic carbocycles. The molecule has 0 heterocycles. The number of nitrogens with one attached hydrogen (secondary N) is 1. The van der Waals surface area contributed by atoms with Crippen molar-refractivity contribution in [2.75, 3.05) is 18.9 Å². The minimum absolute atomic E-state index is 0. The van der Waals surface area contributed by atoms with Gasteiger partial charge in [0.2, 0.25) is 7.37 Å². The minimum Gasteiger partial charge on any atom is -1.00 e. The van der Waals surface area contributed by atoms with Gasteiger partial charge in [-0.25, -0.2) is 4.79 Å². The molecule has 2 rings (SSSR count). The fraction of sp³-hybridized carbons (Fsp3) is 0.632. The van der Waals surface area contributed by atoms with Crippen LogP contribution in [0.2, 0.25) is 0 Å². The summed E-state index contributed by atoms with van der Waals surface area (Å²) in [7, 11) is -3.34. The van der Waals surface area contributed by atoms with Crippen molar-refractivity contribution in [1.29, 1.82) is 0 Å². The molecule has 1 aromatic carbocycles. The minimum atomic E-state index is -3.34. The zero-order chi connectivity index (χ0) is 19.2. The average molecular weight is 391 g/mol. The molecule has 0 spiro atoms. The molecule has 0 radical (unpaired) electrons. The molecule has 3 atom stereocenters. The summed E-state index contributed by atoms with van der Waals surface area (Å²) in [4.78, 5) is 21.3. The summed E-state index contributed by atoms with van der Waals surface area (Å²) in [6.45, 7) is 2.06. The third kappa shape index (κ3) is 8.52. The fourth-order valence-corrected chi connectivity index (χ4v) is 5.72. The molecule has 4 N–H and O–H groups in total. The first-order chi connectivity index (χ1) is 12.3. The summed E-state index contributed by atoms with van der Waals surface area (Å²) in [6.07, 6.45) is 4.78. The number of aromatic carboxylic acids is 1. The summed E-state index contributed by atoms with van der Waals surface area (Å²) >= 11 is 0. The van der Waals surface area contributed by atoms with E-state index in [9.17, 15) is 19.4 Å². The molecule has 6 nitrogen and oxygen atoms in total. The van der Waals surface area contributed by atoms with Crippen LogP contribution in [0.5, 0.6) is 0 Å². The van der Waals surface area contributed by atoms with E-state index in [2.05, 4.69) is 5.32 Å². The number of carbonyl (C=O) groups is 1. The fourth-order valence-electron chi connectivity index (χ4n) is 3.61. The van der Waals surface area contributed by atoms with Crippen molar-refractivity contribution in [2.24, 2.45) is 5.92 Å². The molecular weight excluding hydrogens is 360 g/mol. The van der Waals surface area contributed by atoms with Crippen LogP contribution in [0.3, 0.4) is 0 Å². The molecule has 0 saturated heterocycles. The third-order valence-electron chi connectivity index (χ3n) is 5.06. The van der Waals surface area contributed by atoms with Crippen molar-refractivity contribution in [3.63, 3.8) is 0 Å². The monoisotopic (exact) mass is 391 g/mol. The number of benzene rings is 1. The number of aliphatic hydroxyl groups is 1. The number of rotatable bonds is 9. The number of hydrogen-bond donors (Lipinski definition) is 4. The van der Waals surface area contributed by atoms with Crippen LogP contribution < -0.4 is 24.2 Å². The molecule has 1 saturated carbocycles. The van der Waals surface area contributed by atoms with Gasteiger partial charge < -0.3 is 21.8 Å². The summed E-state index contributed by atoms with van der Waals surface area (Å²) in [5, 5.41) is 22.3. The zero-order valence-electron chi connectivity index (χ0n) is 17.3. The third-order valence-corrected chi connectivity index (χ3v) is 7.14. The largest absolute Gasteiger partial charge is 1.00 e. The Morgan fingerprint density at radius 1 is 1.33 bits per heavy atom. The maximum atomic E-state index is 12.4. The second kappa shape index (κ2) is 11.4. The first kappa shape index (κ1) is 24.4. The molecule has 0 aliphatic heterocycles. The number of carboxylic acids is 1. The Bertz CT molecular complexity index is 657. The van der Waals surface area contributed by atoms with Gasteiger partial charge >= 0.3 is 24.8 Å². The number of hydrogen-bond acceptors (Lipinski definition) is 4. The molecule has 27 heavy (non-hydrogen) atoms. The quantitative estimate of drug-likeness (QED) is 0.358. The van der Waals surface area contributed by atoms with Crippen LogP contribution in [0.15, 0.2) is 24.3 Å². The second-order valence-corrected chi connectivity index (χ2v) is 9.85. The zero-order valence-corrected chi connectivity index (χ0v) is 17.2. The Morgan fingerprint density at radius 3 is 2.63 bits per heavy atom. The molecule has 1 unspecified atom stereocenters. The Kier molecular flexibility index (Phi) is 10.3. The SMILES string of the molecule is C[C@H](NC[C@H](O)CP(=O)(O)CC1CCCCC1)c1cccc(C(=O)O)c1.[H-].[Li+]. The molecule has 0 aromatic heterocycles. The van der Waals surface area contributed by atoms with Crippen LogP contribution in [0.4, 0.5) is 0 Å². The molecule has 0 amide bonds. The van der Waals surface area contributed by atoms with E-state index in [1.54, 1.807) is 12.1 Å². The molecule has 1 fully saturated rings. The van der Waals surface area contributed by atoms with Gasteiger partial charge in [0.1, 0.15) is 0 Å². The Hall–Kier alpha value is -0.603. The van der Waals surface area contributed by atoms with E-state index in [1.165, 1.54) is 12.5 Å². The van der Waals surface area contributed by atoms with Crippen molar-refractivity contribution in [1.82, 2.24) is 5.32 Å². The average Bonchev–Trinajstić information content (AvgIpc) is 2.59. The van der Waals surface area contributed by atoms with Gasteiger partial charge in [0.25, 0.3) is 0 Å². The van der Waals surface area contributed by atoms with Crippen LogP contribution >= 0.6 is 7.37 Å². The number of carboxylic acid groups (broad SMARTS) is 1. The van der Waals surface area contributed by atoms with Gasteiger partial charge in [-0.1, -0.05) is 31.4 Å². The van der Waals surface area contributed by atoms with E-state index in [0.29, 0.717) is 12.1 Å². The molecule has 0 bridgehead atoms. The standard InChI is InChI=1S/C19H30NO5P.Li.H/c1-14(16-8-5-9-17(10-16)19(22)23)20-11-18(21)13-26(24,25)12-15-6-3-2-4-7-15;;/h5,8-10,14-15,18,20-21H,2-4,6-7,11-13H2,1H3,(H,22,23)(H,24,25);;/q;+1;-1/t14-,18-;;/m0../s1.